The van der Waals surface area contributed by atoms with E-state index in [4.69, 9.17) is 0 Å². The molecule has 0 bridgehead atoms. The Balaban J connectivity index is 1.98. The van der Waals surface area contributed by atoms with Gasteiger partial charge in [0.2, 0.25) is 0 Å². The fraction of sp³-hybridized carbons (Fsp3) is 0.375. The Labute approximate surface area is 125 Å². The van der Waals surface area contributed by atoms with Gasteiger partial charge in [0.1, 0.15) is 13.6 Å². The zero-order chi connectivity index (χ0) is 15.3. The van der Waals surface area contributed by atoms with Crippen molar-refractivity contribution in [3.05, 3.63) is 34.9 Å². The quantitative estimate of drug-likeness (QED) is 0.436. The third kappa shape index (κ3) is 2.36. The van der Waals surface area contributed by atoms with Gasteiger partial charge in [0.25, 0.3) is 5.91 Å². The molecular formula is C16H18N2O2Si. The summed E-state index contributed by atoms with van der Waals surface area (Å²) in [7, 11) is -1.40. The summed E-state index contributed by atoms with van der Waals surface area (Å²) in [4.78, 5) is 23.5. The standard InChI is InChI=1S/C16H18N2O2Si/c1-21(2,3)9-7-11-4-5-13-12(10-11)6-8-16(13)14(19)17-15(20)18-16/h4-5,10H,6,8H2,1-3H3,(H2,17,18,19,20). The highest BCUT2D eigenvalue weighted by Gasteiger charge is 2.51. The molecule has 5 heteroatoms. The van der Waals surface area contributed by atoms with Crippen molar-refractivity contribution in [1.29, 1.82) is 0 Å². The number of fused-ring (bicyclic) bond motifs is 2. The Bertz CT molecular complexity index is 709. The van der Waals surface area contributed by atoms with Crippen LogP contribution in [0, 0.1) is 11.5 Å². The second-order valence-electron chi connectivity index (χ2n) is 6.69. The molecule has 1 atom stereocenters. The van der Waals surface area contributed by atoms with E-state index in [1.165, 1.54) is 0 Å². The lowest BCUT2D eigenvalue weighted by molar-refractivity contribution is -0.124. The summed E-state index contributed by atoms with van der Waals surface area (Å²) < 4.78 is 0. The number of hydrogen-bond donors (Lipinski definition) is 2. The number of amides is 3. The smallest absolute Gasteiger partial charge is 0.319 e. The van der Waals surface area contributed by atoms with Gasteiger partial charge in [0, 0.05) is 5.56 Å². The van der Waals surface area contributed by atoms with Crippen molar-refractivity contribution in [2.75, 3.05) is 0 Å². The fourth-order valence-corrected chi connectivity index (χ4v) is 3.39. The fourth-order valence-electron chi connectivity index (χ4n) is 2.87. The second-order valence-corrected chi connectivity index (χ2v) is 11.4. The zero-order valence-corrected chi connectivity index (χ0v) is 13.5. The van der Waals surface area contributed by atoms with Gasteiger partial charge >= 0.3 is 6.03 Å². The van der Waals surface area contributed by atoms with Gasteiger partial charge in [-0.25, -0.2) is 4.79 Å². The summed E-state index contributed by atoms with van der Waals surface area (Å²) in [5.41, 5.74) is 5.48. The van der Waals surface area contributed by atoms with E-state index < -0.39 is 19.6 Å². The summed E-state index contributed by atoms with van der Waals surface area (Å²) in [6, 6.07) is 5.52. The molecule has 21 heavy (non-hydrogen) atoms. The predicted octanol–water partition coefficient (Wildman–Crippen LogP) is 1.90. The van der Waals surface area contributed by atoms with Crippen molar-refractivity contribution in [2.24, 2.45) is 0 Å². The molecular weight excluding hydrogens is 280 g/mol. The highest BCUT2D eigenvalue weighted by molar-refractivity contribution is 6.83. The lowest BCUT2D eigenvalue weighted by atomic mass is 9.91. The van der Waals surface area contributed by atoms with Crippen LogP contribution in [-0.2, 0) is 16.8 Å². The molecule has 0 radical (unpaired) electrons. The van der Waals surface area contributed by atoms with Crippen LogP contribution in [-0.4, -0.2) is 20.0 Å². The SMILES string of the molecule is C[Si](C)(C)C#Cc1ccc2c(c1)CCC21NC(=O)NC1=O. The van der Waals surface area contributed by atoms with Gasteiger partial charge < -0.3 is 5.32 Å². The minimum absolute atomic E-state index is 0.243. The van der Waals surface area contributed by atoms with Crippen LogP contribution in [0.25, 0.3) is 0 Å². The molecule has 1 heterocycles. The molecule has 0 aromatic heterocycles. The number of nitrogens with one attached hydrogen (secondary N) is 2. The van der Waals surface area contributed by atoms with Gasteiger partial charge in [-0.2, -0.15) is 0 Å². The topological polar surface area (TPSA) is 58.2 Å². The Morgan fingerprint density at radius 2 is 2.00 bits per heavy atom. The molecule has 2 N–H and O–H groups in total. The first-order chi connectivity index (χ1) is 9.80. The van der Waals surface area contributed by atoms with Crippen LogP contribution in [0.15, 0.2) is 18.2 Å². The van der Waals surface area contributed by atoms with Crippen LogP contribution in [0.1, 0.15) is 23.1 Å². The Morgan fingerprint density at radius 1 is 1.24 bits per heavy atom. The molecule has 1 aliphatic heterocycles. The molecule has 1 spiro atoms. The largest absolute Gasteiger partial charge is 0.322 e. The van der Waals surface area contributed by atoms with Gasteiger partial charge in [-0.15, -0.1) is 5.54 Å². The second kappa shape index (κ2) is 4.47. The Hall–Kier alpha value is -2.06. The maximum absolute atomic E-state index is 12.1. The monoisotopic (exact) mass is 298 g/mol. The van der Waals surface area contributed by atoms with Crippen LogP contribution in [0.3, 0.4) is 0 Å². The van der Waals surface area contributed by atoms with Crippen LogP contribution < -0.4 is 10.6 Å². The molecule has 3 rings (SSSR count). The van der Waals surface area contributed by atoms with E-state index >= 15 is 0 Å². The lowest BCUT2D eigenvalue weighted by Crippen LogP contribution is -2.41. The lowest BCUT2D eigenvalue weighted by Gasteiger charge is -2.20. The Morgan fingerprint density at radius 3 is 2.62 bits per heavy atom. The summed E-state index contributed by atoms with van der Waals surface area (Å²) >= 11 is 0. The number of carbonyl (C=O) groups is 2. The summed E-state index contributed by atoms with van der Waals surface area (Å²) in [5, 5.41) is 5.12. The van der Waals surface area contributed by atoms with Gasteiger partial charge in [-0.3, -0.25) is 10.1 Å². The van der Waals surface area contributed by atoms with E-state index in [0.717, 1.165) is 23.1 Å². The average molecular weight is 298 g/mol. The highest BCUT2D eigenvalue weighted by atomic mass is 28.3. The van der Waals surface area contributed by atoms with E-state index in [9.17, 15) is 9.59 Å². The normalized spacial score (nSPS) is 23.4. The van der Waals surface area contributed by atoms with E-state index in [1.807, 2.05) is 12.1 Å². The molecule has 1 saturated heterocycles. The summed E-state index contributed by atoms with van der Waals surface area (Å²) in [6.45, 7) is 6.63. The maximum atomic E-state index is 12.1. The molecule has 3 amide bonds. The van der Waals surface area contributed by atoms with Gasteiger partial charge in [-0.05, 0) is 36.1 Å². The number of aryl methyl sites for hydroxylation is 1. The highest BCUT2D eigenvalue weighted by Crippen LogP contribution is 2.39. The van der Waals surface area contributed by atoms with Crippen LogP contribution in [0.4, 0.5) is 4.79 Å². The summed E-state index contributed by atoms with van der Waals surface area (Å²) in [5.74, 6) is 2.99. The average Bonchev–Trinajstić information content (AvgIpc) is 2.88. The first kappa shape index (κ1) is 13.9. The number of imide groups is 1. The molecule has 1 aromatic rings. The number of hydrogen-bond acceptors (Lipinski definition) is 2. The first-order valence-electron chi connectivity index (χ1n) is 7.10. The van der Waals surface area contributed by atoms with Crippen LogP contribution >= 0.6 is 0 Å². The van der Waals surface area contributed by atoms with E-state index in [2.05, 4.69) is 47.8 Å². The first-order valence-corrected chi connectivity index (χ1v) is 10.6. The third-order valence-electron chi connectivity index (χ3n) is 3.86. The van der Waals surface area contributed by atoms with Gasteiger partial charge in [0.15, 0.2) is 0 Å². The molecule has 2 aliphatic rings. The number of benzene rings is 1. The van der Waals surface area contributed by atoms with E-state index in [1.54, 1.807) is 0 Å². The summed E-state index contributed by atoms with van der Waals surface area (Å²) in [6.07, 6.45) is 1.40. The van der Waals surface area contributed by atoms with Crippen molar-refractivity contribution >= 4 is 20.0 Å². The molecule has 1 aliphatic carbocycles. The van der Waals surface area contributed by atoms with E-state index in [0.29, 0.717) is 6.42 Å². The van der Waals surface area contributed by atoms with Crippen LogP contribution in [0.2, 0.25) is 19.6 Å². The van der Waals surface area contributed by atoms with Crippen molar-refractivity contribution in [2.45, 2.75) is 38.0 Å². The van der Waals surface area contributed by atoms with Crippen LogP contribution in [0.5, 0.6) is 0 Å². The third-order valence-corrected chi connectivity index (χ3v) is 4.73. The van der Waals surface area contributed by atoms with Crippen molar-refractivity contribution in [3.63, 3.8) is 0 Å². The minimum atomic E-state index is -1.40. The van der Waals surface area contributed by atoms with Crippen molar-refractivity contribution < 1.29 is 9.59 Å². The Kier molecular flexibility index (Phi) is 2.96. The predicted molar refractivity (Wildman–Crippen MR) is 83.3 cm³/mol. The van der Waals surface area contributed by atoms with Crippen molar-refractivity contribution in [1.82, 2.24) is 10.6 Å². The van der Waals surface area contributed by atoms with E-state index in [-0.39, 0.29) is 5.91 Å². The number of rotatable bonds is 0. The molecule has 1 aromatic carbocycles. The number of carbonyl (C=O) groups excluding carboxylic acids is 2. The minimum Gasteiger partial charge on any atom is -0.319 e. The zero-order valence-electron chi connectivity index (χ0n) is 12.5. The maximum Gasteiger partial charge on any atom is 0.322 e. The molecule has 108 valence electrons. The van der Waals surface area contributed by atoms with Gasteiger partial charge in [0.05, 0.1) is 0 Å². The molecule has 1 unspecified atom stereocenters. The molecule has 4 nitrogen and oxygen atoms in total. The van der Waals surface area contributed by atoms with Gasteiger partial charge in [-0.1, -0.05) is 31.6 Å². The molecule has 1 fully saturated rings. The molecule has 0 saturated carbocycles. The number of urea groups is 1. The van der Waals surface area contributed by atoms with Crippen molar-refractivity contribution in [3.8, 4) is 11.5 Å².